The van der Waals surface area contributed by atoms with Crippen molar-refractivity contribution >= 4 is 23.3 Å². The van der Waals surface area contributed by atoms with Crippen LogP contribution in [-0.4, -0.2) is 38.6 Å². The molecule has 3 rings (SSSR count). The highest BCUT2D eigenvalue weighted by Crippen LogP contribution is 2.26. The van der Waals surface area contributed by atoms with Crippen molar-refractivity contribution in [2.45, 2.75) is 37.8 Å². The molecule has 3 N–H and O–H groups in total. The van der Waals surface area contributed by atoms with Crippen molar-refractivity contribution in [1.82, 2.24) is 19.9 Å². The fraction of sp³-hybridized carbons (Fsp3) is 0.562. The van der Waals surface area contributed by atoms with Gasteiger partial charge in [0.15, 0.2) is 11.5 Å². The van der Waals surface area contributed by atoms with Gasteiger partial charge in [0.1, 0.15) is 0 Å². The van der Waals surface area contributed by atoms with Crippen molar-refractivity contribution in [2.75, 3.05) is 12.0 Å². The summed E-state index contributed by atoms with van der Waals surface area (Å²) in [6.07, 6.45) is 7.43. The minimum atomic E-state index is -0.121. The Kier molecular flexibility index (Phi) is 5.17. The van der Waals surface area contributed by atoms with Crippen LogP contribution in [0.25, 0.3) is 5.65 Å². The number of hydrogen-bond donors (Lipinski definition) is 2. The van der Waals surface area contributed by atoms with Gasteiger partial charge in [0, 0.05) is 18.2 Å². The number of thioether (sulfide) groups is 1. The lowest BCUT2D eigenvalue weighted by molar-refractivity contribution is -0.125. The molecule has 0 saturated heterocycles. The van der Waals surface area contributed by atoms with Gasteiger partial charge in [-0.05, 0) is 49.8 Å². The summed E-state index contributed by atoms with van der Waals surface area (Å²) in [7, 11) is 0. The molecule has 2 aromatic heterocycles. The predicted octanol–water partition coefficient (Wildman–Crippen LogP) is 1.77. The van der Waals surface area contributed by atoms with Gasteiger partial charge >= 0.3 is 0 Å². The van der Waals surface area contributed by atoms with Crippen LogP contribution in [0.4, 0.5) is 0 Å². The molecule has 124 valence electrons. The van der Waals surface area contributed by atoms with Crippen molar-refractivity contribution < 1.29 is 4.79 Å². The molecular formula is C16H23N5OS. The Balaban J connectivity index is 1.78. The van der Waals surface area contributed by atoms with Crippen LogP contribution in [-0.2, 0) is 4.79 Å². The molecule has 0 aliphatic heterocycles. The van der Waals surface area contributed by atoms with E-state index < -0.39 is 0 Å². The molecule has 1 aliphatic carbocycles. The molecule has 0 radical (unpaired) electrons. The van der Waals surface area contributed by atoms with Gasteiger partial charge in [-0.15, -0.1) is 10.2 Å². The Morgan fingerprint density at radius 1 is 1.48 bits per heavy atom. The Morgan fingerprint density at radius 3 is 3.09 bits per heavy atom. The number of pyridine rings is 1. The highest BCUT2D eigenvalue weighted by atomic mass is 32.2. The molecule has 0 aromatic carbocycles. The molecule has 0 spiro atoms. The lowest BCUT2D eigenvalue weighted by Crippen LogP contribution is -2.35. The van der Waals surface area contributed by atoms with Crippen LogP contribution in [0.1, 0.15) is 37.5 Å². The number of hydrogen-bond acceptors (Lipinski definition) is 5. The van der Waals surface area contributed by atoms with E-state index in [0.29, 0.717) is 0 Å². The van der Waals surface area contributed by atoms with Crippen molar-refractivity contribution in [3.05, 3.63) is 30.2 Å². The Bertz CT molecular complexity index is 673. The van der Waals surface area contributed by atoms with Gasteiger partial charge in [0.05, 0.1) is 6.04 Å². The fourth-order valence-corrected chi connectivity index (χ4v) is 3.61. The predicted molar refractivity (Wildman–Crippen MR) is 92.2 cm³/mol. The molecule has 3 unspecified atom stereocenters. The van der Waals surface area contributed by atoms with E-state index in [4.69, 9.17) is 5.73 Å². The maximum Gasteiger partial charge on any atom is 0.223 e. The molecule has 2 aromatic rings. The first-order chi connectivity index (χ1) is 11.2. The number of rotatable bonds is 6. The quantitative estimate of drug-likeness (QED) is 0.841. The van der Waals surface area contributed by atoms with Crippen LogP contribution >= 0.6 is 11.8 Å². The standard InChI is InChI=1S/C16H23N5OS/c1-23-9-7-13(18-16(22)11-5-6-12(17)10-11)15-20-19-14-4-2-3-8-21(14)15/h2-4,8,11-13H,5-7,9-10,17H2,1H3,(H,18,22). The Hall–Kier alpha value is -1.60. The first kappa shape index (κ1) is 16.3. The molecule has 1 fully saturated rings. The number of carbonyl (C=O) groups excluding carboxylic acids is 1. The minimum absolute atomic E-state index is 0.0287. The van der Waals surface area contributed by atoms with Gasteiger partial charge in [-0.25, -0.2) is 0 Å². The van der Waals surface area contributed by atoms with Crippen molar-refractivity contribution in [2.24, 2.45) is 11.7 Å². The maximum atomic E-state index is 12.6. The van der Waals surface area contributed by atoms with Crippen LogP contribution in [0.15, 0.2) is 24.4 Å². The van der Waals surface area contributed by atoms with E-state index in [9.17, 15) is 4.79 Å². The van der Waals surface area contributed by atoms with E-state index in [2.05, 4.69) is 21.8 Å². The Labute approximate surface area is 140 Å². The highest BCUT2D eigenvalue weighted by Gasteiger charge is 2.30. The zero-order valence-electron chi connectivity index (χ0n) is 13.3. The van der Waals surface area contributed by atoms with Gasteiger partial charge in [-0.1, -0.05) is 6.07 Å². The fourth-order valence-electron chi connectivity index (χ4n) is 3.14. The van der Waals surface area contributed by atoms with E-state index in [-0.39, 0.29) is 23.9 Å². The summed E-state index contributed by atoms with van der Waals surface area (Å²) in [5.74, 6) is 1.87. The van der Waals surface area contributed by atoms with Crippen LogP contribution in [0, 0.1) is 5.92 Å². The molecule has 2 heterocycles. The van der Waals surface area contributed by atoms with E-state index in [0.717, 1.165) is 42.9 Å². The van der Waals surface area contributed by atoms with E-state index in [1.807, 2.05) is 28.8 Å². The largest absolute Gasteiger partial charge is 0.346 e. The zero-order chi connectivity index (χ0) is 16.2. The number of amides is 1. The second-order valence-corrected chi connectivity index (χ2v) is 7.09. The molecule has 3 atom stereocenters. The third-order valence-corrected chi connectivity index (χ3v) is 5.07. The van der Waals surface area contributed by atoms with E-state index >= 15 is 0 Å². The number of fused-ring (bicyclic) bond motifs is 1. The van der Waals surface area contributed by atoms with Gasteiger partial charge in [-0.2, -0.15) is 11.8 Å². The lowest BCUT2D eigenvalue weighted by Gasteiger charge is -2.19. The average molecular weight is 333 g/mol. The first-order valence-corrected chi connectivity index (χ1v) is 9.43. The second-order valence-electron chi connectivity index (χ2n) is 6.10. The zero-order valence-corrected chi connectivity index (χ0v) is 14.1. The smallest absolute Gasteiger partial charge is 0.223 e. The molecule has 1 amide bonds. The second kappa shape index (κ2) is 7.31. The third-order valence-electron chi connectivity index (χ3n) is 4.42. The van der Waals surface area contributed by atoms with Gasteiger partial charge in [0.25, 0.3) is 0 Å². The number of nitrogens with one attached hydrogen (secondary N) is 1. The minimum Gasteiger partial charge on any atom is -0.346 e. The summed E-state index contributed by atoms with van der Waals surface area (Å²) in [4.78, 5) is 12.6. The van der Waals surface area contributed by atoms with Crippen molar-refractivity contribution in [3.63, 3.8) is 0 Å². The molecule has 0 bridgehead atoms. The topological polar surface area (TPSA) is 85.3 Å². The van der Waals surface area contributed by atoms with E-state index in [1.165, 1.54) is 0 Å². The summed E-state index contributed by atoms with van der Waals surface area (Å²) >= 11 is 1.76. The number of aromatic nitrogens is 3. The normalized spacial score (nSPS) is 22.3. The third kappa shape index (κ3) is 3.67. The van der Waals surface area contributed by atoms with Gasteiger partial charge in [-0.3, -0.25) is 9.20 Å². The van der Waals surface area contributed by atoms with Crippen molar-refractivity contribution in [1.29, 1.82) is 0 Å². The van der Waals surface area contributed by atoms with Crippen LogP contribution in [0.2, 0.25) is 0 Å². The van der Waals surface area contributed by atoms with Gasteiger partial charge in [0.2, 0.25) is 5.91 Å². The highest BCUT2D eigenvalue weighted by molar-refractivity contribution is 7.98. The monoisotopic (exact) mass is 333 g/mol. The number of nitrogens with zero attached hydrogens (tertiary/aromatic N) is 3. The lowest BCUT2D eigenvalue weighted by atomic mass is 10.1. The van der Waals surface area contributed by atoms with Crippen molar-refractivity contribution in [3.8, 4) is 0 Å². The summed E-state index contributed by atoms with van der Waals surface area (Å²) in [6, 6.07) is 5.83. The summed E-state index contributed by atoms with van der Waals surface area (Å²) in [5, 5.41) is 11.7. The molecule has 1 aliphatic rings. The molecular weight excluding hydrogens is 310 g/mol. The van der Waals surface area contributed by atoms with Crippen LogP contribution in [0.3, 0.4) is 0 Å². The number of carbonyl (C=O) groups is 1. The molecule has 1 saturated carbocycles. The Morgan fingerprint density at radius 2 is 2.35 bits per heavy atom. The molecule has 23 heavy (non-hydrogen) atoms. The van der Waals surface area contributed by atoms with Crippen LogP contribution < -0.4 is 11.1 Å². The maximum absolute atomic E-state index is 12.6. The first-order valence-electron chi connectivity index (χ1n) is 8.03. The molecule has 6 nitrogen and oxygen atoms in total. The number of nitrogens with two attached hydrogens (primary N) is 1. The molecule has 7 heteroatoms. The summed E-state index contributed by atoms with van der Waals surface area (Å²) in [6.45, 7) is 0. The SMILES string of the molecule is CSCCC(NC(=O)C1CCC(N)C1)c1nnc2ccccn12. The average Bonchev–Trinajstić information content (AvgIpc) is 3.17. The van der Waals surface area contributed by atoms with E-state index in [1.54, 1.807) is 11.8 Å². The summed E-state index contributed by atoms with van der Waals surface area (Å²) in [5.41, 5.74) is 6.73. The van der Waals surface area contributed by atoms with Gasteiger partial charge < -0.3 is 11.1 Å². The van der Waals surface area contributed by atoms with Crippen LogP contribution in [0.5, 0.6) is 0 Å². The summed E-state index contributed by atoms with van der Waals surface area (Å²) < 4.78 is 1.95.